The van der Waals surface area contributed by atoms with Gasteiger partial charge in [-0.15, -0.1) is 0 Å². The van der Waals surface area contributed by atoms with Gasteiger partial charge in [-0.25, -0.2) is 13.1 Å². The highest BCUT2D eigenvalue weighted by Gasteiger charge is 2.25. The molecule has 0 aromatic heterocycles. The van der Waals surface area contributed by atoms with Crippen molar-refractivity contribution in [2.45, 2.75) is 44.2 Å². The summed E-state index contributed by atoms with van der Waals surface area (Å²) in [7, 11) is -3.53. The lowest BCUT2D eigenvalue weighted by Gasteiger charge is -2.29. The van der Waals surface area contributed by atoms with Gasteiger partial charge in [-0.2, -0.15) is 0 Å². The summed E-state index contributed by atoms with van der Waals surface area (Å²) in [4.78, 5) is 27.2. The summed E-state index contributed by atoms with van der Waals surface area (Å²) in [6, 6.07) is 12.7. The number of halogens is 1. The highest BCUT2D eigenvalue weighted by molar-refractivity contribution is 7.89. The maximum atomic E-state index is 13.1. The molecule has 0 saturated heterocycles. The number of rotatable bonds is 12. The Morgan fingerprint density at radius 3 is 2.24 bits per heavy atom. The minimum atomic E-state index is -3.53. The average molecular weight is 496 g/mol. The summed E-state index contributed by atoms with van der Waals surface area (Å²) < 4.78 is 26.6. The first kappa shape index (κ1) is 26.8. The normalized spacial score (nSPS) is 12.2. The predicted molar refractivity (Wildman–Crippen MR) is 127 cm³/mol. The van der Waals surface area contributed by atoms with Crippen molar-refractivity contribution >= 4 is 33.4 Å². The van der Waals surface area contributed by atoms with Crippen LogP contribution >= 0.6 is 11.6 Å². The first-order valence-corrected chi connectivity index (χ1v) is 12.5. The molecule has 0 saturated carbocycles. The lowest BCUT2D eigenvalue weighted by molar-refractivity contribution is -0.140. The Kier molecular flexibility index (Phi) is 10.3. The molecule has 1 atom stereocenters. The van der Waals surface area contributed by atoms with Crippen LogP contribution < -0.4 is 10.0 Å². The third kappa shape index (κ3) is 8.12. The number of nitrogens with one attached hydrogen (secondary N) is 2. The van der Waals surface area contributed by atoms with Crippen molar-refractivity contribution in [1.29, 1.82) is 0 Å². The number of aryl methyl sites for hydroxylation is 1. The molecule has 0 bridgehead atoms. The number of hydrogen-bond donors (Lipinski definition) is 3. The lowest BCUT2D eigenvalue weighted by Crippen LogP contribution is -2.48. The molecule has 2 aromatic carbocycles. The molecule has 0 fully saturated rings. The van der Waals surface area contributed by atoms with E-state index < -0.39 is 16.1 Å². The molecule has 1 unspecified atom stereocenters. The van der Waals surface area contributed by atoms with Crippen molar-refractivity contribution in [3.05, 3.63) is 64.7 Å². The fraction of sp³-hybridized carbons (Fsp3) is 0.391. The summed E-state index contributed by atoms with van der Waals surface area (Å²) >= 11 is 5.95. The minimum absolute atomic E-state index is 0.105. The number of hydrogen-bond acceptors (Lipinski definition) is 5. The Bertz CT molecular complexity index is 1030. The second-order valence-corrected chi connectivity index (χ2v) is 9.69. The first-order valence-electron chi connectivity index (χ1n) is 10.7. The van der Waals surface area contributed by atoms with E-state index in [4.69, 9.17) is 16.7 Å². The first-order chi connectivity index (χ1) is 15.7. The number of amides is 2. The second kappa shape index (κ2) is 12.7. The molecule has 3 N–H and O–H groups in total. The molecule has 2 rings (SSSR count). The summed E-state index contributed by atoms with van der Waals surface area (Å²) in [5.41, 5.74) is 1.63. The molecule has 33 heavy (non-hydrogen) atoms. The molecular weight excluding hydrogens is 466 g/mol. The molecule has 180 valence electrons. The van der Waals surface area contributed by atoms with Gasteiger partial charge in [0.2, 0.25) is 21.8 Å². The van der Waals surface area contributed by atoms with Gasteiger partial charge >= 0.3 is 0 Å². The van der Waals surface area contributed by atoms with E-state index in [0.717, 1.165) is 11.1 Å². The van der Waals surface area contributed by atoms with E-state index >= 15 is 0 Å². The summed E-state index contributed by atoms with van der Waals surface area (Å²) in [5, 5.41) is 12.1. The molecule has 0 heterocycles. The summed E-state index contributed by atoms with van der Waals surface area (Å²) in [6.45, 7) is 3.78. The van der Waals surface area contributed by atoms with Crippen molar-refractivity contribution in [3.63, 3.8) is 0 Å². The van der Waals surface area contributed by atoms with Gasteiger partial charge in [0, 0.05) is 31.1 Å². The smallest absolute Gasteiger partial charge is 0.242 e. The molecular formula is C23H30ClN3O5S. The van der Waals surface area contributed by atoms with Crippen LogP contribution in [-0.2, 0) is 32.6 Å². The number of carbonyl (C=O) groups excluding carboxylic acids is 2. The lowest BCUT2D eigenvalue weighted by atomic mass is 10.1. The molecule has 0 radical (unpaired) electrons. The fourth-order valence-electron chi connectivity index (χ4n) is 3.20. The van der Waals surface area contributed by atoms with E-state index in [1.807, 2.05) is 0 Å². The van der Waals surface area contributed by atoms with Crippen molar-refractivity contribution in [2.75, 3.05) is 19.7 Å². The van der Waals surface area contributed by atoms with Crippen LogP contribution in [0.1, 0.15) is 31.4 Å². The number of nitrogens with zero attached hydrogens (tertiary/aromatic N) is 1. The van der Waals surface area contributed by atoms with E-state index in [0.29, 0.717) is 18.0 Å². The highest BCUT2D eigenvalue weighted by atomic mass is 35.5. The number of benzene rings is 2. The monoisotopic (exact) mass is 495 g/mol. The Labute approximate surface area is 200 Å². The van der Waals surface area contributed by atoms with Crippen molar-refractivity contribution < 1.29 is 23.1 Å². The van der Waals surface area contributed by atoms with Gasteiger partial charge in [-0.3, -0.25) is 9.59 Å². The standard InChI is InChI=1S/C23H30ClN3O5S/c1-3-26-33(31,32)21-11-6-18(7-12-21)8-13-22(29)27(17(2)23(30)25-14-15-28)16-19-4-9-20(24)10-5-19/h4-7,9-12,17,26,28H,3,8,13-16H2,1-2H3,(H,25,30). The Morgan fingerprint density at radius 2 is 1.67 bits per heavy atom. The predicted octanol–water partition coefficient (Wildman–Crippen LogP) is 2.10. The zero-order valence-electron chi connectivity index (χ0n) is 18.8. The minimum Gasteiger partial charge on any atom is -0.395 e. The summed E-state index contributed by atoms with van der Waals surface area (Å²) in [6.07, 6.45) is 0.535. The molecule has 0 aliphatic rings. The van der Waals surface area contributed by atoms with Crippen LogP contribution in [0.25, 0.3) is 0 Å². The van der Waals surface area contributed by atoms with Crippen LogP contribution in [0, 0.1) is 0 Å². The van der Waals surface area contributed by atoms with E-state index in [-0.39, 0.29) is 42.8 Å². The van der Waals surface area contributed by atoms with E-state index in [1.54, 1.807) is 50.2 Å². The Hall–Kier alpha value is -2.46. The quantitative estimate of drug-likeness (QED) is 0.417. The summed E-state index contributed by atoms with van der Waals surface area (Å²) in [5.74, 6) is -0.578. The van der Waals surface area contributed by atoms with Gasteiger partial charge in [0.1, 0.15) is 6.04 Å². The third-order valence-corrected chi connectivity index (χ3v) is 6.85. The van der Waals surface area contributed by atoms with Crippen molar-refractivity contribution in [2.24, 2.45) is 0 Å². The largest absolute Gasteiger partial charge is 0.395 e. The maximum absolute atomic E-state index is 13.1. The van der Waals surface area contributed by atoms with Gasteiger partial charge in [0.15, 0.2) is 0 Å². The molecule has 2 aromatic rings. The zero-order chi connectivity index (χ0) is 24.4. The Morgan fingerprint density at radius 1 is 1.06 bits per heavy atom. The van der Waals surface area contributed by atoms with E-state index in [2.05, 4.69) is 10.0 Å². The molecule has 0 spiro atoms. The molecule has 2 amide bonds. The maximum Gasteiger partial charge on any atom is 0.242 e. The van der Waals surface area contributed by atoms with Crippen LogP contribution in [0.4, 0.5) is 0 Å². The molecule has 0 aliphatic heterocycles. The topological polar surface area (TPSA) is 116 Å². The second-order valence-electron chi connectivity index (χ2n) is 7.48. The van der Waals surface area contributed by atoms with Gasteiger partial charge in [0.25, 0.3) is 0 Å². The number of aliphatic hydroxyl groups excluding tert-OH is 1. The van der Waals surface area contributed by atoms with Gasteiger partial charge in [-0.05, 0) is 48.7 Å². The van der Waals surface area contributed by atoms with Crippen LogP contribution in [0.3, 0.4) is 0 Å². The van der Waals surface area contributed by atoms with Gasteiger partial charge < -0.3 is 15.3 Å². The third-order valence-electron chi connectivity index (χ3n) is 5.04. The van der Waals surface area contributed by atoms with Gasteiger partial charge in [-0.1, -0.05) is 42.8 Å². The molecule has 0 aliphatic carbocycles. The SMILES string of the molecule is CCNS(=O)(=O)c1ccc(CCC(=O)N(Cc2ccc(Cl)cc2)C(C)C(=O)NCCO)cc1. The Balaban J connectivity index is 2.11. The van der Waals surface area contributed by atoms with Crippen LogP contribution in [0.5, 0.6) is 0 Å². The van der Waals surface area contributed by atoms with Crippen molar-refractivity contribution in [1.82, 2.24) is 14.9 Å². The number of carbonyl (C=O) groups is 2. The van der Waals surface area contributed by atoms with E-state index in [9.17, 15) is 18.0 Å². The fourth-order valence-corrected chi connectivity index (χ4v) is 4.37. The van der Waals surface area contributed by atoms with Crippen LogP contribution in [-0.4, -0.2) is 56.0 Å². The zero-order valence-corrected chi connectivity index (χ0v) is 20.3. The average Bonchev–Trinajstić information content (AvgIpc) is 2.80. The number of sulfonamides is 1. The van der Waals surface area contributed by atoms with Crippen molar-refractivity contribution in [3.8, 4) is 0 Å². The van der Waals surface area contributed by atoms with Gasteiger partial charge in [0.05, 0.1) is 11.5 Å². The number of aliphatic hydroxyl groups is 1. The van der Waals surface area contributed by atoms with E-state index in [1.165, 1.54) is 17.0 Å². The highest BCUT2D eigenvalue weighted by Crippen LogP contribution is 2.16. The van der Waals surface area contributed by atoms with Crippen LogP contribution in [0.15, 0.2) is 53.4 Å². The molecule has 8 nitrogen and oxygen atoms in total. The van der Waals surface area contributed by atoms with Crippen LogP contribution in [0.2, 0.25) is 5.02 Å². The molecule has 10 heteroatoms.